The van der Waals surface area contributed by atoms with E-state index in [1.165, 1.54) is 7.11 Å². The Hall–Kier alpha value is -0.665. The van der Waals surface area contributed by atoms with Crippen LogP contribution >= 0.6 is 0 Å². The summed E-state index contributed by atoms with van der Waals surface area (Å²) in [4.78, 5) is 13.0. The zero-order chi connectivity index (χ0) is 10.6. The van der Waals surface area contributed by atoms with Crippen LogP contribution in [0.5, 0.6) is 0 Å². The second-order valence-electron chi connectivity index (χ2n) is 4.03. The van der Waals surface area contributed by atoms with E-state index in [1.807, 2.05) is 0 Å². The molecule has 14 heavy (non-hydrogen) atoms. The van der Waals surface area contributed by atoms with Gasteiger partial charge in [-0.25, -0.2) is 4.79 Å². The third-order valence-electron chi connectivity index (χ3n) is 2.70. The number of carbonyl (C=O) groups is 1. The average molecular weight is 195 g/mol. The average Bonchev–Trinajstić information content (AvgIpc) is 2.16. The molecule has 3 nitrogen and oxygen atoms in total. The first kappa shape index (κ1) is 11.4. The summed E-state index contributed by atoms with van der Waals surface area (Å²) in [7, 11) is 7.30. The first-order valence-corrected chi connectivity index (χ1v) is 5.25. The molecule has 0 N–H and O–H groups in total. The fourth-order valence-electron chi connectivity index (χ4n) is 2.14. The van der Waals surface area contributed by atoms with Gasteiger partial charge in [0.15, 0.2) is 0 Å². The Morgan fingerprint density at radius 2 is 2.29 bits per heavy atom. The molecule has 0 aromatic heterocycles. The van der Waals surface area contributed by atoms with E-state index in [4.69, 9.17) is 12.6 Å². The maximum atomic E-state index is 11.3. The Bertz CT molecular complexity index is 199. The van der Waals surface area contributed by atoms with Crippen LogP contribution in [0.4, 0.5) is 4.79 Å². The minimum atomic E-state index is -0.249. The van der Waals surface area contributed by atoms with Gasteiger partial charge in [-0.15, -0.1) is 0 Å². The van der Waals surface area contributed by atoms with Crippen molar-refractivity contribution in [2.24, 2.45) is 5.92 Å². The summed E-state index contributed by atoms with van der Waals surface area (Å²) >= 11 is 0. The number of likely N-dealkylation sites (tertiary alicyclic amines) is 1. The van der Waals surface area contributed by atoms with E-state index in [0.29, 0.717) is 12.5 Å². The van der Waals surface area contributed by atoms with Crippen LogP contribution in [-0.2, 0) is 4.74 Å². The molecule has 0 spiro atoms. The van der Waals surface area contributed by atoms with Crippen molar-refractivity contribution >= 4 is 13.9 Å². The highest BCUT2D eigenvalue weighted by Crippen LogP contribution is 2.27. The largest absolute Gasteiger partial charge is 0.453 e. The number of piperidine rings is 1. The van der Waals surface area contributed by atoms with E-state index in [2.05, 4.69) is 6.92 Å². The van der Waals surface area contributed by atoms with Crippen LogP contribution in [0.25, 0.3) is 0 Å². The predicted octanol–water partition coefficient (Wildman–Crippen LogP) is 1.83. The second kappa shape index (κ2) is 5.27. The van der Waals surface area contributed by atoms with Crippen LogP contribution in [0.15, 0.2) is 0 Å². The predicted molar refractivity (Wildman–Crippen MR) is 56.5 cm³/mol. The molecule has 78 valence electrons. The summed E-state index contributed by atoms with van der Waals surface area (Å²) in [5.41, 5.74) is 0. The normalized spacial score (nSPS) is 27.4. The van der Waals surface area contributed by atoms with Crippen LogP contribution in [0.3, 0.4) is 0 Å². The van der Waals surface area contributed by atoms with E-state index in [9.17, 15) is 4.79 Å². The number of ether oxygens (including phenoxy) is 1. The van der Waals surface area contributed by atoms with Crippen molar-refractivity contribution in [3.8, 4) is 0 Å². The third kappa shape index (κ3) is 2.93. The van der Waals surface area contributed by atoms with Gasteiger partial charge in [0, 0.05) is 13.1 Å². The van der Waals surface area contributed by atoms with Gasteiger partial charge in [-0.2, -0.15) is 0 Å². The maximum absolute atomic E-state index is 11.3. The molecule has 2 atom stereocenters. The van der Waals surface area contributed by atoms with Crippen LogP contribution in [0.2, 0.25) is 5.82 Å². The lowest BCUT2D eigenvalue weighted by molar-refractivity contribution is 0.101. The SMILES string of the molecule is [B]C1CC(CCC)CN(C(=O)OC)C1. The summed E-state index contributed by atoms with van der Waals surface area (Å²) in [5, 5.41) is 0. The fraction of sp³-hybridized carbons (Fsp3) is 0.900. The van der Waals surface area contributed by atoms with Crippen molar-refractivity contribution in [2.45, 2.75) is 32.0 Å². The Kier molecular flexibility index (Phi) is 4.30. The van der Waals surface area contributed by atoms with Gasteiger partial charge in [-0.3, -0.25) is 0 Å². The van der Waals surface area contributed by atoms with E-state index in [-0.39, 0.29) is 11.9 Å². The number of nitrogens with zero attached hydrogens (tertiary/aromatic N) is 1. The van der Waals surface area contributed by atoms with E-state index in [0.717, 1.165) is 25.8 Å². The fourth-order valence-corrected chi connectivity index (χ4v) is 2.14. The molecule has 1 heterocycles. The number of amides is 1. The molecule has 1 amide bonds. The molecule has 0 aliphatic carbocycles. The van der Waals surface area contributed by atoms with Crippen LogP contribution in [-0.4, -0.2) is 39.0 Å². The lowest BCUT2D eigenvalue weighted by atomic mass is 9.75. The zero-order valence-electron chi connectivity index (χ0n) is 9.03. The third-order valence-corrected chi connectivity index (χ3v) is 2.70. The lowest BCUT2D eigenvalue weighted by Crippen LogP contribution is -2.42. The summed E-state index contributed by atoms with van der Waals surface area (Å²) < 4.78 is 4.70. The number of hydrogen-bond donors (Lipinski definition) is 0. The number of carbonyl (C=O) groups excluding carboxylic acids is 1. The molecule has 2 radical (unpaired) electrons. The zero-order valence-corrected chi connectivity index (χ0v) is 9.03. The molecular weight excluding hydrogens is 177 g/mol. The lowest BCUT2D eigenvalue weighted by Gasteiger charge is -2.35. The number of hydrogen-bond acceptors (Lipinski definition) is 2. The van der Waals surface area contributed by atoms with Gasteiger partial charge >= 0.3 is 6.09 Å². The highest BCUT2D eigenvalue weighted by atomic mass is 16.5. The first-order chi connectivity index (χ1) is 6.67. The van der Waals surface area contributed by atoms with E-state index in [1.54, 1.807) is 4.90 Å². The van der Waals surface area contributed by atoms with Gasteiger partial charge in [0.25, 0.3) is 0 Å². The van der Waals surface area contributed by atoms with Crippen molar-refractivity contribution in [2.75, 3.05) is 20.2 Å². The summed E-state index contributed by atoms with van der Waals surface area (Å²) in [6, 6.07) is 0. The van der Waals surface area contributed by atoms with Crippen molar-refractivity contribution < 1.29 is 9.53 Å². The van der Waals surface area contributed by atoms with Crippen molar-refractivity contribution in [3.05, 3.63) is 0 Å². The number of methoxy groups -OCH3 is 1. The molecule has 1 aliphatic heterocycles. The molecule has 0 saturated carbocycles. The van der Waals surface area contributed by atoms with Crippen molar-refractivity contribution in [1.29, 1.82) is 0 Å². The van der Waals surface area contributed by atoms with Crippen molar-refractivity contribution in [1.82, 2.24) is 4.90 Å². The molecule has 0 aromatic carbocycles. The smallest absolute Gasteiger partial charge is 0.409 e. The Morgan fingerprint density at radius 3 is 2.86 bits per heavy atom. The second-order valence-corrected chi connectivity index (χ2v) is 4.03. The molecule has 0 bridgehead atoms. The standard InChI is InChI=1S/C10H18BNO2/c1-3-4-8-5-9(11)7-12(6-8)10(13)14-2/h8-9H,3-7H2,1-2H3. The molecule has 0 aromatic rings. The minimum absolute atomic E-state index is 0.111. The van der Waals surface area contributed by atoms with E-state index < -0.39 is 0 Å². The molecule has 1 fully saturated rings. The van der Waals surface area contributed by atoms with Gasteiger partial charge in [0.05, 0.1) is 15.0 Å². The maximum Gasteiger partial charge on any atom is 0.409 e. The van der Waals surface area contributed by atoms with E-state index >= 15 is 0 Å². The minimum Gasteiger partial charge on any atom is -0.453 e. The van der Waals surface area contributed by atoms with Crippen LogP contribution in [0.1, 0.15) is 26.2 Å². The highest BCUT2D eigenvalue weighted by Gasteiger charge is 2.27. The number of rotatable bonds is 2. The molecule has 1 saturated heterocycles. The van der Waals surface area contributed by atoms with Gasteiger partial charge < -0.3 is 9.64 Å². The molecule has 1 rings (SSSR count). The van der Waals surface area contributed by atoms with Gasteiger partial charge in [0.2, 0.25) is 0 Å². The summed E-state index contributed by atoms with van der Waals surface area (Å²) in [6.07, 6.45) is 3.07. The monoisotopic (exact) mass is 195 g/mol. The molecule has 1 aliphatic rings. The highest BCUT2D eigenvalue weighted by molar-refractivity contribution is 6.12. The van der Waals surface area contributed by atoms with Crippen LogP contribution in [0, 0.1) is 5.92 Å². The Labute approximate surface area is 87.2 Å². The van der Waals surface area contributed by atoms with Gasteiger partial charge in [-0.1, -0.05) is 25.6 Å². The van der Waals surface area contributed by atoms with Crippen molar-refractivity contribution in [3.63, 3.8) is 0 Å². The first-order valence-electron chi connectivity index (χ1n) is 5.25. The summed E-state index contributed by atoms with van der Waals surface area (Å²) in [5.74, 6) is 0.655. The topological polar surface area (TPSA) is 29.5 Å². The van der Waals surface area contributed by atoms with Gasteiger partial charge in [0.1, 0.15) is 0 Å². The molecular formula is C10H18BNO2. The van der Waals surface area contributed by atoms with Crippen LogP contribution < -0.4 is 0 Å². The van der Waals surface area contributed by atoms with Gasteiger partial charge in [-0.05, 0) is 12.3 Å². The molecule has 4 heteroatoms. The Balaban J connectivity index is 2.49. The Morgan fingerprint density at radius 1 is 1.57 bits per heavy atom. The summed E-state index contributed by atoms with van der Waals surface area (Å²) in [6.45, 7) is 3.59. The quantitative estimate of drug-likeness (QED) is 0.629. The molecule has 2 unspecified atom stereocenters.